The van der Waals surface area contributed by atoms with Crippen LogP contribution in [0, 0.1) is 13.8 Å². The molecule has 1 atom stereocenters. The summed E-state index contributed by atoms with van der Waals surface area (Å²) in [5.74, 6) is 1.11. The lowest BCUT2D eigenvalue weighted by Gasteiger charge is -2.38. The molecule has 0 spiro atoms. The summed E-state index contributed by atoms with van der Waals surface area (Å²) >= 11 is 5.63. The van der Waals surface area contributed by atoms with Crippen molar-refractivity contribution in [3.63, 3.8) is 0 Å². The molecule has 0 unspecified atom stereocenters. The number of nitrogens with zero attached hydrogens (tertiary/aromatic N) is 1. The smallest absolute Gasteiger partial charge is 0.227 e. The van der Waals surface area contributed by atoms with Gasteiger partial charge < -0.3 is 20.3 Å². The van der Waals surface area contributed by atoms with E-state index in [0.717, 1.165) is 47.6 Å². The number of carbonyl (C=O) groups excluding carboxylic acids is 1. The summed E-state index contributed by atoms with van der Waals surface area (Å²) in [4.78, 5) is 13.9. The first kappa shape index (κ1) is 20.7. The van der Waals surface area contributed by atoms with E-state index in [1.165, 1.54) is 5.56 Å². The molecular weight excluding hydrogens is 394 g/mol. The number of aryl methyl sites for hydroxylation is 2. The van der Waals surface area contributed by atoms with Crippen molar-refractivity contribution < 1.29 is 9.53 Å². The number of hydrogen-bond donors (Lipinski definition) is 2. The van der Waals surface area contributed by atoms with Crippen molar-refractivity contribution in [3.05, 3.63) is 53.1 Å². The molecule has 0 aliphatic carbocycles. The average Bonchev–Trinajstić information content (AvgIpc) is 3.07. The summed E-state index contributed by atoms with van der Waals surface area (Å²) in [5, 5.41) is 7.36. The molecule has 1 saturated heterocycles. The van der Waals surface area contributed by atoms with E-state index in [9.17, 15) is 4.79 Å². The fraction of sp³-hybridized carbons (Fsp3) is 0.417. The van der Waals surface area contributed by atoms with E-state index in [4.69, 9.17) is 17.0 Å². The van der Waals surface area contributed by atoms with Gasteiger partial charge in [-0.2, -0.15) is 0 Å². The van der Waals surface area contributed by atoms with Gasteiger partial charge >= 0.3 is 0 Å². The number of benzene rings is 2. The number of thiocarbonyl (C=S) groups is 1. The Hall–Kier alpha value is -2.60. The summed E-state index contributed by atoms with van der Waals surface area (Å²) in [5.41, 5.74) is 5.03. The molecule has 6 heteroatoms. The van der Waals surface area contributed by atoms with Crippen molar-refractivity contribution in [3.8, 4) is 5.75 Å². The quantitative estimate of drug-likeness (QED) is 0.679. The molecule has 0 saturated carbocycles. The highest BCUT2D eigenvalue weighted by atomic mass is 32.1. The molecule has 0 radical (unpaired) electrons. The van der Waals surface area contributed by atoms with Gasteiger partial charge in [0.15, 0.2) is 5.11 Å². The topological polar surface area (TPSA) is 53.6 Å². The predicted octanol–water partition coefficient (Wildman–Crippen LogP) is 5.02. The zero-order valence-corrected chi connectivity index (χ0v) is 18.9. The van der Waals surface area contributed by atoms with Gasteiger partial charge in [-0.3, -0.25) is 4.79 Å². The molecule has 30 heavy (non-hydrogen) atoms. The Balaban J connectivity index is 1.48. The maximum Gasteiger partial charge on any atom is 0.227 e. The lowest BCUT2D eigenvalue weighted by molar-refractivity contribution is -0.117. The maximum atomic E-state index is 12.1. The van der Waals surface area contributed by atoms with E-state index in [1.54, 1.807) is 0 Å². The number of ether oxygens (including phenoxy) is 1. The fourth-order valence-corrected chi connectivity index (χ4v) is 4.63. The normalized spacial score (nSPS) is 19.8. The van der Waals surface area contributed by atoms with Crippen LogP contribution in [0.5, 0.6) is 5.75 Å². The van der Waals surface area contributed by atoms with Crippen LogP contribution in [0.15, 0.2) is 36.4 Å². The Bertz CT molecular complexity index is 1000. The van der Waals surface area contributed by atoms with Crippen molar-refractivity contribution in [2.24, 2.45) is 0 Å². The van der Waals surface area contributed by atoms with E-state index in [0.29, 0.717) is 11.5 Å². The van der Waals surface area contributed by atoms with Crippen LogP contribution in [0.2, 0.25) is 0 Å². The van der Waals surface area contributed by atoms with Crippen LogP contribution in [-0.4, -0.2) is 23.2 Å². The standard InChI is InChI=1S/C24H29N3O2S/c1-15-7-10-21-18(12-15)19(14-24(3,4)29-21)26-23(30)25-17-8-9-20(16(2)13-17)27-11-5-6-22(27)28/h7-10,12-13,19H,5-6,11,14H2,1-4H3,(H2,25,26,30)/t19-/m1/s1. The lowest BCUT2D eigenvalue weighted by atomic mass is 9.89. The van der Waals surface area contributed by atoms with E-state index < -0.39 is 0 Å². The molecule has 2 aliphatic rings. The van der Waals surface area contributed by atoms with Gasteiger partial charge in [-0.25, -0.2) is 0 Å². The lowest BCUT2D eigenvalue weighted by Crippen LogP contribution is -2.42. The van der Waals surface area contributed by atoms with Gasteiger partial charge in [0.1, 0.15) is 11.4 Å². The number of anilines is 2. The average molecular weight is 424 g/mol. The van der Waals surface area contributed by atoms with Crippen molar-refractivity contribution >= 4 is 34.6 Å². The number of amides is 1. The summed E-state index contributed by atoms with van der Waals surface area (Å²) < 4.78 is 6.15. The molecular formula is C24H29N3O2S. The van der Waals surface area contributed by atoms with Gasteiger partial charge in [0, 0.05) is 36.3 Å². The van der Waals surface area contributed by atoms with Gasteiger partial charge in [-0.1, -0.05) is 17.7 Å². The molecule has 2 aliphatic heterocycles. The Labute approximate surface area is 183 Å². The van der Waals surface area contributed by atoms with Crippen molar-refractivity contribution in [2.75, 3.05) is 16.8 Å². The Morgan fingerprint density at radius 2 is 2.00 bits per heavy atom. The van der Waals surface area contributed by atoms with Crippen LogP contribution in [0.1, 0.15) is 55.8 Å². The first-order chi connectivity index (χ1) is 14.2. The number of hydrogen-bond acceptors (Lipinski definition) is 3. The molecule has 0 aromatic heterocycles. The number of rotatable bonds is 3. The number of carbonyl (C=O) groups is 1. The first-order valence-electron chi connectivity index (χ1n) is 10.5. The molecule has 2 N–H and O–H groups in total. The third-order valence-electron chi connectivity index (χ3n) is 5.75. The van der Waals surface area contributed by atoms with E-state index >= 15 is 0 Å². The first-order valence-corrected chi connectivity index (χ1v) is 10.9. The number of nitrogens with one attached hydrogen (secondary N) is 2. The second-order valence-electron chi connectivity index (χ2n) is 8.91. The zero-order chi connectivity index (χ0) is 21.5. The van der Waals surface area contributed by atoms with Crippen LogP contribution in [0.3, 0.4) is 0 Å². The predicted molar refractivity (Wildman–Crippen MR) is 125 cm³/mol. The SMILES string of the molecule is Cc1ccc2c(c1)[C@H](NC(=S)Nc1ccc(N3CCCC3=O)c(C)c1)CC(C)(C)O2. The van der Waals surface area contributed by atoms with Crippen molar-refractivity contribution in [1.82, 2.24) is 5.32 Å². The molecule has 1 fully saturated rings. The minimum atomic E-state index is -0.268. The van der Waals surface area contributed by atoms with Crippen molar-refractivity contribution in [1.29, 1.82) is 0 Å². The van der Waals surface area contributed by atoms with Crippen LogP contribution in [-0.2, 0) is 4.79 Å². The van der Waals surface area contributed by atoms with Crippen LogP contribution < -0.4 is 20.3 Å². The Morgan fingerprint density at radius 3 is 2.70 bits per heavy atom. The van der Waals surface area contributed by atoms with Gasteiger partial charge in [0.2, 0.25) is 5.91 Å². The third-order valence-corrected chi connectivity index (χ3v) is 5.97. The monoisotopic (exact) mass is 423 g/mol. The molecule has 158 valence electrons. The molecule has 2 aromatic carbocycles. The Kier molecular flexibility index (Phi) is 5.45. The summed E-state index contributed by atoms with van der Waals surface area (Å²) in [6, 6.07) is 12.4. The maximum absolute atomic E-state index is 12.1. The third kappa shape index (κ3) is 4.29. The summed E-state index contributed by atoms with van der Waals surface area (Å²) in [6.45, 7) is 9.11. The molecule has 1 amide bonds. The van der Waals surface area contributed by atoms with E-state index in [2.05, 4.69) is 43.5 Å². The largest absolute Gasteiger partial charge is 0.487 e. The highest BCUT2D eigenvalue weighted by molar-refractivity contribution is 7.80. The molecule has 2 heterocycles. The minimum absolute atomic E-state index is 0.0752. The highest BCUT2D eigenvalue weighted by Gasteiger charge is 2.34. The van der Waals surface area contributed by atoms with Crippen LogP contribution >= 0.6 is 12.2 Å². The van der Waals surface area contributed by atoms with E-state index in [1.807, 2.05) is 36.1 Å². The van der Waals surface area contributed by atoms with Crippen LogP contribution in [0.4, 0.5) is 11.4 Å². The summed E-state index contributed by atoms with van der Waals surface area (Å²) in [7, 11) is 0. The van der Waals surface area contributed by atoms with Crippen LogP contribution in [0.25, 0.3) is 0 Å². The van der Waals surface area contributed by atoms with Gasteiger partial charge in [0.25, 0.3) is 0 Å². The van der Waals surface area contributed by atoms with Gasteiger partial charge in [0.05, 0.1) is 6.04 Å². The van der Waals surface area contributed by atoms with Crippen molar-refractivity contribution in [2.45, 2.75) is 58.6 Å². The van der Waals surface area contributed by atoms with Gasteiger partial charge in [-0.15, -0.1) is 0 Å². The Morgan fingerprint density at radius 1 is 1.20 bits per heavy atom. The highest BCUT2D eigenvalue weighted by Crippen LogP contribution is 2.40. The summed E-state index contributed by atoms with van der Waals surface area (Å²) in [6.07, 6.45) is 2.38. The molecule has 5 nitrogen and oxygen atoms in total. The molecule has 4 rings (SSSR count). The number of fused-ring (bicyclic) bond motifs is 1. The fourth-order valence-electron chi connectivity index (χ4n) is 4.37. The second kappa shape index (κ2) is 7.91. The molecule has 2 aromatic rings. The van der Waals surface area contributed by atoms with E-state index in [-0.39, 0.29) is 17.6 Å². The minimum Gasteiger partial charge on any atom is -0.487 e. The molecule has 0 bridgehead atoms. The zero-order valence-electron chi connectivity index (χ0n) is 18.0. The second-order valence-corrected chi connectivity index (χ2v) is 9.32. The van der Waals surface area contributed by atoms with Gasteiger partial charge in [-0.05, 0) is 76.2 Å².